The summed E-state index contributed by atoms with van der Waals surface area (Å²) in [5, 5.41) is 0. The first-order valence-electron chi connectivity index (χ1n) is 11.4. The van der Waals surface area contributed by atoms with Gasteiger partial charge in [0.2, 0.25) is 0 Å². The largest absolute Gasteiger partial charge is 0.497 e. The van der Waals surface area contributed by atoms with Crippen LogP contribution in [0.25, 0.3) is 28.3 Å². The summed E-state index contributed by atoms with van der Waals surface area (Å²) in [6, 6.07) is 18.8. The number of hydrogen-bond acceptors (Lipinski definition) is 4. The van der Waals surface area contributed by atoms with E-state index in [-0.39, 0.29) is 5.97 Å². The Morgan fingerprint density at radius 2 is 1.45 bits per heavy atom. The molecule has 0 N–H and O–H groups in total. The molecule has 33 heavy (non-hydrogen) atoms. The summed E-state index contributed by atoms with van der Waals surface area (Å²) in [5.74, 6) is 1.30. The van der Waals surface area contributed by atoms with Crippen molar-refractivity contribution in [1.29, 1.82) is 0 Å². The van der Waals surface area contributed by atoms with Gasteiger partial charge in [-0.2, -0.15) is 0 Å². The molecule has 0 aliphatic carbocycles. The zero-order valence-electron chi connectivity index (χ0n) is 20.1. The van der Waals surface area contributed by atoms with E-state index in [4.69, 9.17) is 14.2 Å². The lowest BCUT2D eigenvalue weighted by molar-refractivity contribution is -0.137. The van der Waals surface area contributed by atoms with Crippen LogP contribution >= 0.6 is 0 Å². The van der Waals surface area contributed by atoms with E-state index in [2.05, 4.69) is 44.2 Å². The summed E-state index contributed by atoms with van der Waals surface area (Å²) in [7, 11) is 3.35. The highest BCUT2D eigenvalue weighted by molar-refractivity contribution is 5.89. The van der Waals surface area contributed by atoms with Crippen molar-refractivity contribution in [2.75, 3.05) is 20.8 Å². The van der Waals surface area contributed by atoms with E-state index >= 15 is 0 Å². The molecule has 0 fully saturated rings. The number of ether oxygens (including phenoxy) is 3. The molecule has 4 nitrogen and oxygen atoms in total. The van der Waals surface area contributed by atoms with Crippen molar-refractivity contribution in [2.24, 2.45) is 0 Å². The molecular weight excluding hydrogens is 412 g/mol. The van der Waals surface area contributed by atoms with Crippen molar-refractivity contribution in [3.63, 3.8) is 0 Å². The Hall–Kier alpha value is -3.53. The Morgan fingerprint density at radius 1 is 0.788 bits per heavy atom. The molecular formula is C29H32O4. The van der Waals surface area contributed by atoms with Crippen LogP contribution in [0.15, 0.2) is 60.7 Å². The molecule has 0 heterocycles. The van der Waals surface area contributed by atoms with E-state index < -0.39 is 0 Å². The third kappa shape index (κ3) is 5.64. The molecule has 3 aromatic carbocycles. The maximum absolute atomic E-state index is 11.9. The SMILES string of the molecule is CCOC(=O)/C=C/c1cc(OC)ccc1-c1ccc(-c2ccc(OC)c(CC)c2)c(CC)c1. The van der Waals surface area contributed by atoms with E-state index in [1.54, 1.807) is 27.2 Å². The van der Waals surface area contributed by atoms with Gasteiger partial charge in [0.1, 0.15) is 11.5 Å². The van der Waals surface area contributed by atoms with Gasteiger partial charge >= 0.3 is 5.97 Å². The minimum Gasteiger partial charge on any atom is -0.497 e. The predicted octanol–water partition coefficient (Wildman–Crippen LogP) is 6.74. The molecule has 0 atom stereocenters. The molecule has 0 aromatic heterocycles. The molecule has 3 rings (SSSR count). The van der Waals surface area contributed by atoms with Crippen LogP contribution in [-0.2, 0) is 22.4 Å². The number of carbonyl (C=O) groups excluding carboxylic acids is 1. The van der Waals surface area contributed by atoms with Crippen LogP contribution in [0.1, 0.15) is 37.5 Å². The van der Waals surface area contributed by atoms with Crippen molar-refractivity contribution in [2.45, 2.75) is 33.6 Å². The highest BCUT2D eigenvalue weighted by Crippen LogP contribution is 2.34. The van der Waals surface area contributed by atoms with Crippen LogP contribution in [0.2, 0.25) is 0 Å². The number of benzene rings is 3. The average molecular weight is 445 g/mol. The zero-order chi connectivity index (χ0) is 23.8. The van der Waals surface area contributed by atoms with E-state index in [9.17, 15) is 4.79 Å². The van der Waals surface area contributed by atoms with Gasteiger partial charge in [0, 0.05) is 6.08 Å². The number of aryl methyl sites for hydroxylation is 2. The molecule has 0 spiro atoms. The van der Waals surface area contributed by atoms with E-state index in [0.717, 1.165) is 41.0 Å². The number of esters is 1. The van der Waals surface area contributed by atoms with Crippen molar-refractivity contribution < 1.29 is 19.0 Å². The fraction of sp³-hybridized carbons (Fsp3) is 0.276. The van der Waals surface area contributed by atoms with Gasteiger partial charge in [0.25, 0.3) is 0 Å². The van der Waals surface area contributed by atoms with Gasteiger partial charge in [-0.25, -0.2) is 4.79 Å². The van der Waals surface area contributed by atoms with Gasteiger partial charge in [-0.3, -0.25) is 0 Å². The fourth-order valence-electron chi connectivity index (χ4n) is 3.97. The number of carbonyl (C=O) groups is 1. The molecule has 3 aromatic rings. The Kier molecular flexibility index (Phi) is 8.31. The molecule has 0 amide bonds. The third-order valence-corrected chi connectivity index (χ3v) is 5.71. The first kappa shape index (κ1) is 24.1. The zero-order valence-corrected chi connectivity index (χ0v) is 20.1. The minimum absolute atomic E-state index is 0.348. The summed E-state index contributed by atoms with van der Waals surface area (Å²) < 4.78 is 15.9. The smallest absolute Gasteiger partial charge is 0.330 e. The molecule has 0 saturated heterocycles. The highest BCUT2D eigenvalue weighted by Gasteiger charge is 2.12. The second-order valence-electron chi connectivity index (χ2n) is 7.64. The molecule has 0 aliphatic rings. The van der Waals surface area contributed by atoms with Crippen molar-refractivity contribution in [3.05, 3.63) is 77.4 Å². The molecule has 172 valence electrons. The summed E-state index contributed by atoms with van der Waals surface area (Å²) in [4.78, 5) is 11.9. The van der Waals surface area contributed by atoms with Gasteiger partial charge in [-0.1, -0.05) is 44.2 Å². The van der Waals surface area contributed by atoms with Gasteiger partial charge in [0.15, 0.2) is 0 Å². The first-order valence-corrected chi connectivity index (χ1v) is 11.4. The van der Waals surface area contributed by atoms with Crippen LogP contribution in [0.4, 0.5) is 0 Å². The van der Waals surface area contributed by atoms with E-state index in [1.807, 2.05) is 24.3 Å². The monoisotopic (exact) mass is 444 g/mol. The quantitative estimate of drug-likeness (QED) is 0.271. The molecule has 0 bridgehead atoms. The van der Waals surface area contributed by atoms with E-state index in [0.29, 0.717) is 6.61 Å². The summed E-state index contributed by atoms with van der Waals surface area (Å²) in [6.45, 7) is 6.45. The van der Waals surface area contributed by atoms with Gasteiger partial charge in [-0.15, -0.1) is 0 Å². The molecule has 0 saturated carbocycles. The Labute approximate surface area is 196 Å². The minimum atomic E-state index is -0.359. The second-order valence-corrected chi connectivity index (χ2v) is 7.64. The maximum Gasteiger partial charge on any atom is 0.330 e. The normalized spacial score (nSPS) is 10.9. The Balaban J connectivity index is 2.05. The van der Waals surface area contributed by atoms with Gasteiger partial charge in [0.05, 0.1) is 20.8 Å². The van der Waals surface area contributed by atoms with Crippen molar-refractivity contribution >= 4 is 12.0 Å². The summed E-state index contributed by atoms with van der Waals surface area (Å²) in [5.41, 5.74) is 7.88. The molecule has 0 unspecified atom stereocenters. The molecule has 0 radical (unpaired) electrons. The lowest BCUT2D eigenvalue weighted by Gasteiger charge is -2.15. The fourth-order valence-corrected chi connectivity index (χ4v) is 3.97. The van der Waals surface area contributed by atoms with Crippen molar-refractivity contribution in [3.8, 4) is 33.8 Å². The van der Waals surface area contributed by atoms with Crippen LogP contribution in [0, 0.1) is 0 Å². The molecule has 0 aliphatic heterocycles. The second kappa shape index (κ2) is 11.4. The standard InChI is InChI=1S/C29H32O4/c1-6-20-17-22(9-13-26(20)23-10-15-28(32-5)21(7-2)18-23)27-14-12-25(31-4)19-24(27)11-16-29(30)33-8-3/h9-19H,6-8H2,1-5H3/b16-11+. The van der Waals surface area contributed by atoms with Crippen LogP contribution in [-0.4, -0.2) is 26.8 Å². The van der Waals surface area contributed by atoms with Gasteiger partial charge < -0.3 is 14.2 Å². The van der Waals surface area contributed by atoms with Crippen LogP contribution in [0.5, 0.6) is 11.5 Å². The van der Waals surface area contributed by atoms with Crippen molar-refractivity contribution in [1.82, 2.24) is 0 Å². The average Bonchev–Trinajstić information content (AvgIpc) is 2.86. The predicted molar refractivity (Wildman–Crippen MR) is 135 cm³/mol. The van der Waals surface area contributed by atoms with Gasteiger partial charge in [-0.05, 0) is 89.1 Å². The number of methoxy groups -OCH3 is 2. The lowest BCUT2D eigenvalue weighted by atomic mass is 9.91. The van der Waals surface area contributed by atoms with Crippen LogP contribution in [0.3, 0.4) is 0 Å². The third-order valence-electron chi connectivity index (χ3n) is 5.71. The summed E-state index contributed by atoms with van der Waals surface area (Å²) in [6.07, 6.45) is 5.06. The molecule has 4 heteroatoms. The highest BCUT2D eigenvalue weighted by atomic mass is 16.5. The number of hydrogen-bond donors (Lipinski definition) is 0. The van der Waals surface area contributed by atoms with Crippen LogP contribution < -0.4 is 9.47 Å². The van der Waals surface area contributed by atoms with E-state index in [1.165, 1.54) is 28.3 Å². The Bertz CT molecular complexity index is 1140. The Morgan fingerprint density at radius 3 is 2.12 bits per heavy atom. The first-order chi connectivity index (χ1) is 16.0. The summed E-state index contributed by atoms with van der Waals surface area (Å²) >= 11 is 0. The maximum atomic E-state index is 11.9. The lowest BCUT2D eigenvalue weighted by Crippen LogP contribution is -1.99. The topological polar surface area (TPSA) is 44.8 Å². The number of rotatable bonds is 9.